The molecular formula is C19H26N2O3S. The highest BCUT2D eigenvalue weighted by Gasteiger charge is 2.39. The van der Waals surface area contributed by atoms with Crippen molar-refractivity contribution in [1.82, 2.24) is 10.6 Å². The van der Waals surface area contributed by atoms with Gasteiger partial charge in [-0.15, -0.1) is 11.8 Å². The highest BCUT2D eigenvalue weighted by Crippen LogP contribution is 2.34. The molecule has 0 spiro atoms. The van der Waals surface area contributed by atoms with Crippen LogP contribution in [0.3, 0.4) is 0 Å². The molecule has 0 saturated carbocycles. The van der Waals surface area contributed by atoms with Crippen molar-refractivity contribution < 1.29 is 14.3 Å². The number of rotatable bonds is 4. The minimum atomic E-state index is -0.469. The third-order valence-electron chi connectivity index (χ3n) is 5.22. The number of hydrogen-bond acceptors (Lipinski definition) is 4. The van der Waals surface area contributed by atoms with Crippen LogP contribution >= 0.6 is 11.8 Å². The maximum absolute atomic E-state index is 12.6. The molecule has 2 amide bonds. The van der Waals surface area contributed by atoms with Gasteiger partial charge in [0.2, 0.25) is 11.8 Å². The lowest BCUT2D eigenvalue weighted by Crippen LogP contribution is -2.58. The fourth-order valence-corrected chi connectivity index (χ4v) is 4.38. The summed E-state index contributed by atoms with van der Waals surface area (Å²) in [5.74, 6) is 0.428. The molecule has 2 saturated heterocycles. The van der Waals surface area contributed by atoms with Crippen molar-refractivity contribution in [3.05, 3.63) is 35.9 Å². The van der Waals surface area contributed by atoms with Crippen LogP contribution in [0.4, 0.5) is 0 Å². The van der Waals surface area contributed by atoms with Gasteiger partial charge < -0.3 is 15.4 Å². The number of ether oxygens (including phenoxy) is 1. The molecule has 1 aromatic carbocycles. The maximum atomic E-state index is 12.6. The van der Waals surface area contributed by atoms with Gasteiger partial charge >= 0.3 is 0 Å². The molecular weight excluding hydrogens is 336 g/mol. The van der Waals surface area contributed by atoms with Gasteiger partial charge in [-0.25, -0.2) is 0 Å². The Kier molecular flexibility index (Phi) is 5.39. The fraction of sp³-hybridized carbons (Fsp3) is 0.579. The molecule has 0 unspecified atom stereocenters. The molecule has 3 rings (SSSR count). The smallest absolute Gasteiger partial charge is 0.243 e. The minimum absolute atomic E-state index is 0.0762. The van der Waals surface area contributed by atoms with Crippen molar-refractivity contribution in [1.29, 1.82) is 0 Å². The van der Waals surface area contributed by atoms with E-state index in [1.54, 1.807) is 0 Å². The van der Waals surface area contributed by atoms with Crippen LogP contribution < -0.4 is 10.6 Å². The Bertz CT molecular complexity index is 627. The quantitative estimate of drug-likeness (QED) is 0.858. The Morgan fingerprint density at radius 3 is 2.60 bits per heavy atom. The lowest BCUT2D eigenvalue weighted by atomic mass is 9.74. The molecule has 6 heteroatoms. The molecule has 2 fully saturated rings. The normalized spacial score (nSPS) is 25.0. The third-order valence-corrected chi connectivity index (χ3v) is 6.62. The molecule has 136 valence electrons. The van der Waals surface area contributed by atoms with Crippen molar-refractivity contribution in [3.63, 3.8) is 0 Å². The molecule has 25 heavy (non-hydrogen) atoms. The van der Waals surface area contributed by atoms with Crippen LogP contribution in [-0.4, -0.2) is 48.1 Å². The second kappa shape index (κ2) is 7.38. The fourth-order valence-electron chi connectivity index (χ4n) is 3.37. The summed E-state index contributed by atoms with van der Waals surface area (Å²) >= 11 is 1.53. The third kappa shape index (κ3) is 4.01. The zero-order valence-electron chi connectivity index (χ0n) is 14.8. The number of carbonyl (C=O) groups excluding carboxylic acids is 2. The molecule has 0 bridgehead atoms. The summed E-state index contributed by atoms with van der Waals surface area (Å²) in [6.07, 6.45) is 1.77. The molecule has 0 aromatic heterocycles. The number of thioether (sulfide) groups is 1. The Morgan fingerprint density at radius 2 is 1.96 bits per heavy atom. The van der Waals surface area contributed by atoms with Gasteiger partial charge in [0.15, 0.2) is 0 Å². The van der Waals surface area contributed by atoms with Gasteiger partial charge in [0, 0.05) is 30.9 Å². The first-order valence-corrected chi connectivity index (χ1v) is 9.77. The van der Waals surface area contributed by atoms with Crippen molar-refractivity contribution in [3.8, 4) is 0 Å². The van der Waals surface area contributed by atoms with Crippen LogP contribution in [-0.2, 0) is 19.7 Å². The first kappa shape index (κ1) is 18.3. The average Bonchev–Trinajstić information content (AvgIpc) is 2.63. The van der Waals surface area contributed by atoms with Crippen LogP contribution in [0.1, 0.15) is 32.3 Å². The summed E-state index contributed by atoms with van der Waals surface area (Å²) in [5.41, 5.74) is 1.14. The number of nitrogens with one attached hydrogen (secondary N) is 2. The Morgan fingerprint density at radius 1 is 1.28 bits per heavy atom. The van der Waals surface area contributed by atoms with Crippen LogP contribution in [0, 0.1) is 0 Å². The number of benzene rings is 1. The average molecular weight is 362 g/mol. The lowest BCUT2D eigenvalue weighted by molar-refractivity contribution is -0.130. The molecule has 2 aliphatic rings. The molecule has 2 N–H and O–H groups in total. The molecule has 1 aromatic rings. The largest absolute Gasteiger partial charge is 0.381 e. The predicted octanol–water partition coefficient (Wildman–Crippen LogP) is 1.86. The van der Waals surface area contributed by atoms with Crippen LogP contribution in [0.2, 0.25) is 0 Å². The van der Waals surface area contributed by atoms with Crippen molar-refractivity contribution in [2.45, 2.75) is 42.9 Å². The van der Waals surface area contributed by atoms with Crippen molar-refractivity contribution >= 4 is 23.6 Å². The van der Waals surface area contributed by atoms with Crippen molar-refractivity contribution in [2.24, 2.45) is 0 Å². The van der Waals surface area contributed by atoms with E-state index >= 15 is 0 Å². The molecule has 2 aliphatic heterocycles. The Balaban J connectivity index is 1.66. The molecule has 2 heterocycles. The second-order valence-electron chi connectivity index (χ2n) is 7.32. The van der Waals surface area contributed by atoms with Gasteiger partial charge in [0.05, 0.1) is 4.75 Å². The topological polar surface area (TPSA) is 67.4 Å². The monoisotopic (exact) mass is 362 g/mol. The first-order valence-electron chi connectivity index (χ1n) is 8.79. The van der Waals surface area contributed by atoms with E-state index in [4.69, 9.17) is 4.74 Å². The lowest BCUT2D eigenvalue weighted by Gasteiger charge is -2.39. The van der Waals surface area contributed by atoms with E-state index in [1.807, 2.05) is 32.0 Å². The summed E-state index contributed by atoms with van der Waals surface area (Å²) in [6, 6.07) is 9.86. The van der Waals surface area contributed by atoms with Crippen LogP contribution in [0.15, 0.2) is 30.3 Å². The van der Waals surface area contributed by atoms with Crippen LogP contribution in [0.5, 0.6) is 0 Å². The standard InChI is InChI=1S/C19H26N2O3S/c1-18(2)17(23)21-15(12-25-18)16(22)20-13-19(8-10-24-11-9-19)14-6-4-3-5-7-14/h3-7,15H,8-13H2,1-2H3,(H,20,22)(H,21,23)/t15-/m1/s1. The zero-order valence-corrected chi connectivity index (χ0v) is 15.7. The highest BCUT2D eigenvalue weighted by molar-refractivity contribution is 8.01. The summed E-state index contributed by atoms with van der Waals surface area (Å²) in [7, 11) is 0. The SMILES string of the molecule is CC1(C)SC[C@H](C(=O)NCC2(c3ccccc3)CCOCC2)NC1=O. The van der Waals surface area contributed by atoms with Crippen molar-refractivity contribution in [2.75, 3.05) is 25.5 Å². The molecule has 5 nitrogen and oxygen atoms in total. The van der Waals surface area contributed by atoms with Gasteiger partial charge in [-0.1, -0.05) is 30.3 Å². The second-order valence-corrected chi connectivity index (χ2v) is 8.97. The number of hydrogen-bond donors (Lipinski definition) is 2. The maximum Gasteiger partial charge on any atom is 0.243 e. The zero-order chi connectivity index (χ0) is 17.9. The van der Waals surface area contributed by atoms with E-state index in [0.29, 0.717) is 25.5 Å². The van der Waals surface area contributed by atoms with Gasteiger partial charge in [0.1, 0.15) is 6.04 Å². The van der Waals surface area contributed by atoms with Gasteiger partial charge in [0.25, 0.3) is 0 Å². The summed E-state index contributed by atoms with van der Waals surface area (Å²) < 4.78 is 5.06. The van der Waals surface area contributed by atoms with E-state index in [-0.39, 0.29) is 17.2 Å². The van der Waals surface area contributed by atoms with Crippen LogP contribution in [0.25, 0.3) is 0 Å². The van der Waals surface area contributed by atoms with Gasteiger partial charge in [-0.2, -0.15) is 0 Å². The van der Waals surface area contributed by atoms with E-state index < -0.39 is 10.8 Å². The molecule has 1 atom stereocenters. The predicted molar refractivity (Wildman–Crippen MR) is 99.7 cm³/mol. The summed E-state index contributed by atoms with van der Waals surface area (Å²) in [6.45, 7) is 5.74. The highest BCUT2D eigenvalue weighted by atomic mass is 32.2. The minimum Gasteiger partial charge on any atom is -0.381 e. The van der Waals surface area contributed by atoms with Gasteiger partial charge in [-0.3, -0.25) is 9.59 Å². The molecule has 0 radical (unpaired) electrons. The van der Waals surface area contributed by atoms with E-state index in [1.165, 1.54) is 17.3 Å². The number of amides is 2. The summed E-state index contributed by atoms with van der Waals surface area (Å²) in [5, 5.41) is 5.94. The molecule has 0 aliphatic carbocycles. The Hall–Kier alpha value is -1.53. The van der Waals surface area contributed by atoms with E-state index in [0.717, 1.165) is 12.8 Å². The first-order chi connectivity index (χ1) is 11.9. The number of carbonyl (C=O) groups is 2. The van der Waals surface area contributed by atoms with Gasteiger partial charge in [-0.05, 0) is 32.3 Å². The Labute approximate surface area is 153 Å². The van der Waals surface area contributed by atoms with E-state index in [9.17, 15) is 9.59 Å². The summed E-state index contributed by atoms with van der Waals surface area (Å²) in [4.78, 5) is 24.7. The van der Waals surface area contributed by atoms with E-state index in [2.05, 4.69) is 22.8 Å².